The topological polar surface area (TPSA) is 17.1 Å². The minimum Gasteiger partial charge on any atom is -0.294 e. The van der Waals surface area contributed by atoms with Gasteiger partial charge in [0.25, 0.3) is 0 Å². The number of carbonyl (C=O) groups excluding carboxylic acids is 1. The first kappa shape index (κ1) is 11.4. The standard InChI is InChI=1S/C15H20O/c1-4-10-7-13-12(6-3)9-15(16)14(13)8-11(10)5-2/h7-8,12H,4-6,9H2,1-3H3/t12-/m1/s1. The van der Waals surface area contributed by atoms with Crippen molar-refractivity contribution in [3.8, 4) is 0 Å². The highest BCUT2D eigenvalue weighted by Gasteiger charge is 2.28. The monoisotopic (exact) mass is 216 g/mol. The summed E-state index contributed by atoms with van der Waals surface area (Å²) in [5.41, 5.74) is 5.09. The van der Waals surface area contributed by atoms with Gasteiger partial charge in [0.1, 0.15) is 0 Å². The first-order valence-electron chi connectivity index (χ1n) is 6.40. The summed E-state index contributed by atoms with van der Waals surface area (Å²) in [4.78, 5) is 11.9. The maximum atomic E-state index is 11.9. The number of ketones is 1. The van der Waals surface area contributed by atoms with E-state index in [0.717, 1.165) is 31.2 Å². The Morgan fingerprint density at radius 1 is 1.12 bits per heavy atom. The molecule has 0 N–H and O–H groups in total. The lowest BCUT2D eigenvalue weighted by Gasteiger charge is -2.12. The minimum absolute atomic E-state index is 0.346. The van der Waals surface area contributed by atoms with Crippen molar-refractivity contribution in [3.63, 3.8) is 0 Å². The Kier molecular flexibility index (Phi) is 3.13. The Bertz CT molecular complexity index is 418. The first-order valence-corrected chi connectivity index (χ1v) is 6.40. The van der Waals surface area contributed by atoms with Gasteiger partial charge in [-0.3, -0.25) is 4.79 Å². The van der Waals surface area contributed by atoms with Crippen molar-refractivity contribution in [2.24, 2.45) is 0 Å². The smallest absolute Gasteiger partial charge is 0.163 e. The molecule has 1 aromatic carbocycles. The van der Waals surface area contributed by atoms with Crippen LogP contribution < -0.4 is 0 Å². The van der Waals surface area contributed by atoms with E-state index in [1.807, 2.05) is 0 Å². The zero-order valence-corrected chi connectivity index (χ0v) is 10.5. The molecule has 2 rings (SSSR count). The van der Waals surface area contributed by atoms with Crippen molar-refractivity contribution < 1.29 is 4.79 Å². The zero-order chi connectivity index (χ0) is 11.7. The summed E-state index contributed by atoms with van der Waals surface area (Å²) >= 11 is 0. The van der Waals surface area contributed by atoms with Gasteiger partial charge in [0.05, 0.1) is 0 Å². The minimum atomic E-state index is 0.346. The maximum Gasteiger partial charge on any atom is 0.163 e. The van der Waals surface area contributed by atoms with E-state index in [0.29, 0.717) is 11.7 Å². The van der Waals surface area contributed by atoms with E-state index >= 15 is 0 Å². The van der Waals surface area contributed by atoms with Crippen LogP contribution in [0.3, 0.4) is 0 Å². The van der Waals surface area contributed by atoms with E-state index in [1.54, 1.807) is 0 Å². The summed E-state index contributed by atoms with van der Waals surface area (Å²) in [6.07, 6.45) is 3.90. The van der Waals surface area contributed by atoms with Crippen molar-refractivity contribution in [2.75, 3.05) is 0 Å². The van der Waals surface area contributed by atoms with Crippen LogP contribution in [-0.4, -0.2) is 5.78 Å². The van der Waals surface area contributed by atoms with Gasteiger partial charge >= 0.3 is 0 Å². The summed E-state index contributed by atoms with van der Waals surface area (Å²) < 4.78 is 0. The lowest BCUT2D eigenvalue weighted by Crippen LogP contribution is -1.98. The second-order valence-corrected chi connectivity index (χ2v) is 4.65. The molecule has 1 nitrogen and oxygen atoms in total. The Hall–Kier alpha value is -1.11. The van der Waals surface area contributed by atoms with Gasteiger partial charge in [0.15, 0.2) is 5.78 Å². The molecule has 1 aliphatic carbocycles. The second-order valence-electron chi connectivity index (χ2n) is 4.65. The summed E-state index contributed by atoms with van der Waals surface area (Å²) in [6, 6.07) is 4.43. The SMILES string of the molecule is CCc1cc2c(cc1CC)[C@H](CC)CC2=O. The Balaban J connectivity index is 2.54. The lowest BCUT2D eigenvalue weighted by atomic mass is 9.92. The third-order valence-electron chi connectivity index (χ3n) is 3.80. The van der Waals surface area contributed by atoms with Crippen molar-refractivity contribution in [2.45, 2.75) is 52.4 Å². The van der Waals surface area contributed by atoms with E-state index in [4.69, 9.17) is 0 Å². The molecule has 0 radical (unpaired) electrons. The molecule has 0 saturated carbocycles. The molecule has 1 atom stereocenters. The molecule has 0 heterocycles. The molecule has 0 saturated heterocycles. The van der Waals surface area contributed by atoms with Gasteiger partial charge in [-0.25, -0.2) is 0 Å². The number of fused-ring (bicyclic) bond motifs is 1. The van der Waals surface area contributed by atoms with Gasteiger partial charge in [0, 0.05) is 12.0 Å². The number of benzene rings is 1. The van der Waals surface area contributed by atoms with E-state index in [2.05, 4.69) is 32.9 Å². The molecular formula is C15H20O. The molecule has 0 aliphatic heterocycles. The molecule has 0 aromatic heterocycles. The van der Waals surface area contributed by atoms with Crippen LogP contribution in [0.25, 0.3) is 0 Å². The highest BCUT2D eigenvalue weighted by Crippen LogP contribution is 2.37. The highest BCUT2D eigenvalue weighted by atomic mass is 16.1. The second kappa shape index (κ2) is 4.40. The van der Waals surface area contributed by atoms with Gasteiger partial charge in [0.2, 0.25) is 0 Å². The number of hydrogen-bond acceptors (Lipinski definition) is 1. The van der Waals surface area contributed by atoms with Crippen LogP contribution in [-0.2, 0) is 12.8 Å². The fraction of sp³-hybridized carbons (Fsp3) is 0.533. The fourth-order valence-corrected chi connectivity index (χ4v) is 2.75. The van der Waals surface area contributed by atoms with Crippen molar-refractivity contribution in [1.29, 1.82) is 0 Å². The lowest BCUT2D eigenvalue weighted by molar-refractivity contribution is 0.0988. The molecule has 0 spiro atoms. The van der Waals surface area contributed by atoms with Gasteiger partial charge in [-0.05, 0) is 47.9 Å². The van der Waals surface area contributed by atoms with E-state index < -0.39 is 0 Å². The highest BCUT2D eigenvalue weighted by molar-refractivity contribution is 6.01. The largest absolute Gasteiger partial charge is 0.294 e. The Morgan fingerprint density at radius 2 is 1.75 bits per heavy atom. The van der Waals surface area contributed by atoms with E-state index in [1.165, 1.54) is 16.7 Å². The maximum absolute atomic E-state index is 11.9. The number of hydrogen-bond donors (Lipinski definition) is 0. The Morgan fingerprint density at radius 3 is 2.31 bits per heavy atom. The molecule has 86 valence electrons. The van der Waals surface area contributed by atoms with Crippen LogP contribution >= 0.6 is 0 Å². The molecule has 1 aromatic rings. The van der Waals surface area contributed by atoms with Crippen LogP contribution in [0.4, 0.5) is 0 Å². The fourth-order valence-electron chi connectivity index (χ4n) is 2.75. The third kappa shape index (κ3) is 1.68. The average Bonchev–Trinajstić information content (AvgIpc) is 2.63. The van der Waals surface area contributed by atoms with Crippen LogP contribution in [0.15, 0.2) is 12.1 Å². The Labute approximate surface area is 97.9 Å². The predicted octanol–water partition coefficient (Wildman–Crippen LogP) is 3.89. The van der Waals surface area contributed by atoms with Gasteiger partial charge < -0.3 is 0 Å². The molecule has 0 fully saturated rings. The van der Waals surface area contributed by atoms with Crippen molar-refractivity contribution in [1.82, 2.24) is 0 Å². The molecule has 0 amide bonds. The predicted molar refractivity (Wildman–Crippen MR) is 67.2 cm³/mol. The summed E-state index contributed by atoms with van der Waals surface area (Å²) in [5, 5.41) is 0. The van der Waals surface area contributed by atoms with Crippen LogP contribution in [0.1, 0.15) is 66.6 Å². The normalized spacial score (nSPS) is 18.9. The molecule has 1 aliphatic rings. The van der Waals surface area contributed by atoms with Crippen molar-refractivity contribution >= 4 is 5.78 Å². The molecule has 0 unspecified atom stereocenters. The first-order chi connectivity index (χ1) is 7.71. The number of aryl methyl sites for hydroxylation is 2. The van der Waals surface area contributed by atoms with Crippen LogP contribution in [0.5, 0.6) is 0 Å². The number of Topliss-reactive ketones (excluding diaryl/α,β-unsaturated/α-hetero) is 1. The molecule has 0 bridgehead atoms. The summed E-state index contributed by atoms with van der Waals surface area (Å²) in [7, 11) is 0. The van der Waals surface area contributed by atoms with Gasteiger partial charge in [-0.15, -0.1) is 0 Å². The average molecular weight is 216 g/mol. The quantitative estimate of drug-likeness (QED) is 0.749. The number of carbonyl (C=O) groups is 1. The van der Waals surface area contributed by atoms with Crippen molar-refractivity contribution in [3.05, 3.63) is 34.4 Å². The number of rotatable bonds is 3. The summed E-state index contributed by atoms with van der Waals surface area (Å²) in [5.74, 6) is 0.818. The van der Waals surface area contributed by atoms with Crippen LogP contribution in [0.2, 0.25) is 0 Å². The van der Waals surface area contributed by atoms with Gasteiger partial charge in [-0.1, -0.05) is 26.8 Å². The zero-order valence-electron chi connectivity index (χ0n) is 10.5. The summed E-state index contributed by atoms with van der Waals surface area (Å²) in [6.45, 7) is 6.53. The van der Waals surface area contributed by atoms with Crippen LogP contribution in [0, 0.1) is 0 Å². The third-order valence-corrected chi connectivity index (χ3v) is 3.80. The van der Waals surface area contributed by atoms with E-state index in [-0.39, 0.29) is 0 Å². The molecule has 16 heavy (non-hydrogen) atoms. The van der Waals surface area contributed by atoms with E-state index in [9.17, 15) is 4.79 Å². The van der Waals surface area contributed by atoms with Gasteiger partial charge in [-0.2, -0.15) is 0 Å². The molecular weight excluding hydrogens is 196 g/mol. The molecule has 1 heteroatoms.